The first-order valence-electron chi connectivity index (χ1n) is 11.9. The number of halogens is 1. The number of sulfonamides is 1. The van der Waals surface area contributed by atoms with Crippen molar-refractivity contribution in [3.8, 4) is 23.0 Å². The fourth-order valence-corrected chi connectivity index (χ4v) is 5.18. The highest BCUT2D eigenvalue weighted by molar-refractivity contribution is 7.89. The van der Waals surface area contributed by atoms with Crippen LogP contribution >= 0.6 is 11.6 Å². The molecule has 39 heavy (non-hydrogen) atoms. The smallest absolute Gasteiger partial charge is 0.243 e. The maximum absolute atomic E-state index is 13.6. The molecule has 0 bridgehead atoms. The summed E-state index contributed by atoms with van der Waals surface area (Å²) in [4.78, 5) is 13.5. The van der Waals surface area contributed by atoms with Gasteiger partial charge in [-0.15, -0.1) is 0 Å². The van der Waals surface area contributed by atoms with Crippen molar-refractivity contribution in [1.29, 1.82) is 0 Å². The van der Waals surface area contributed by atoms with Crippen LogP contribution in [0, 0.1) is 0 Å². The molecule has 0 spiro atoms. The lowest BCUT2D eigenvalue weighted by Gasteiger charge is -2.20. The molecule has 0 aliphatic heterocycles. The van der Waals surface area contributed by atoms with Gasteiger partial charge < -0.3 is 19.5 Å². The van der Waals surface area contributed by atoms with Crippen molar-refractivity contribution in [2.24, 2.45) is 0 Å². The molecule has 1 atom stereocenters. The minimum atomic E-state index is -4.15. The summed E-state index contributed by atoms with van der Waals surface area (Å²) in [5, 5.41) is 3.16. The lowest BCUT2D eigenvalue weighted by atomic mass is 10.1. The molecule has 0 fully saturated rings. The molecule has 1 amide bonds. The van der Waals surface area contributed by atoms with Gasteiger partial charge in [0.1, 0.15) is 11.8 Å². The minimum Gasteiger partial charge on any atom is -0.493 e. The van der Waals surface area contributed by atoms with E-state index in [1.807, 2.05) is 48.5 Å². The number of hydrogen-bond acceptors (Lipinski definition) is 6. The van der Waals surface area contributed by atoms with Gasteiger partial charge >= 0.3 is 0 Å². The van der Waals surface area contributed by atoms with E-state index in [0.29, 0.717) is 28.0 Å². The summed E-state index contributed by atoms with van der Waals surface area (Å²) >= 11 is 6.21. The SMILES string of the molecule is COc1ccc(S(=O)(=O)NC(Cc2ccccc2)C(=O)Nc2cc(Cl)ccc2Oc2ccccc2)cc1OC. The number of hydrogen-bond donors (Lipinski definition) is 2. The van der Waals surface area contributed by atoms with E-state index in [4.69, 9.17) is 25.8 Å². The lowest BCUT2D eigenvalue weighted by Crippen LogP contribution is -2.45. The van der Waals surface area contributed by atoms with E-state index in [1.165, 1.54) is 32.4 Å². The first kappa shape index (κ1) is 28.0. The molecule has 8 nitrogen and oxygen atoms in total. The lowest BCUT2D eigenvalue weighted by molar-refractivity contribution is -0.117. The van der Waals surface area contributed by atoms with Gasteiger partial charge in [0.2, 0.25) is 15.9 Å². The third kappa shape index (κ3) is 7.29. The molecule has 0 aliphatic carbocycles. The topological polar surface area (TPSA) is 103 Å². The van der Waals surface area contributed by atoms with Crippen molar-refractivity contribution in [1.82, 2.24) is 4.72 Å². The number of nitrogens with one attached hydrogen (secondary N) is 2. The molecule has 0 radical (unpaired) electrons. The Kier molecular flexibility index (Phi) is 9.08. The molecule has 4 aromatic rings. The highest BCUT2D eigenvalue weighted by atomic mass is 35.5. The molecular weight excluding hydrogens is 540 g/mol. The Bertz CT molecular complexity index is 1530. The van der Waals surface area contributed by atoms with E-state index in [1.54, 1.807) is 30.3 Å². The number of anilines is 1. The van der Waals surface area contributed by atoms with E-state index in [2.05, 4.69) is 10.0 Å². The Balaban J connectivity index is 1.64. The van der Waals surface area contributed by atoms with Crippen LogP contribution in [-0.4, -0.2) is 34.6 Å². The Hall–Kier alpha value is -4.05. The summed E-state index contributed by atoms with van der Waals surface area (Å²) in [6, 6.07) is 26.0. The molecule has 4 aromatic carbocycles. The quantitative estimate of drug-likeness (QED) is 0.242. The molecular formula is C29H27ClN2O6S. The van der Waals surface area contributed by atoms with Gasteiger partial charge in [-0.3, -0.25) is 4.79 Å². The largest absolute Gasteiger partial charge is 0.493 e. The zero-order chi connectivity index (χ0) is 27.8. The first-order chi connectivity index (χ1) is 18.8. The van der Waals surface area contributed by atoms with Crippen LogP contribution in [0.15, 0.2) is 102 Å². The van der Waals surface area contributed by atoms with E-state index < -0.39 is 22.0 Å². The summed E-state index contributed by atoms with van der Waals surface area (Å²) < 4.78 is 45.7. The molecule has 0 saturated heterocycles. The number of benzene rings is 4. The molecule has 0 saturated carbocycles. The maximum atomic E-state index is 13.6. The zero-order valence-corrected chi connectivity index (χ0v) is 22.8. The number of para-hydroxylation sites is 1. The number of rotatable bonds is 11. The fourth-order valence-electron chi connectivity index (χ4n) is 3.80. The van der Waals surface area contributed by atoms with Crippen LogP contribution in [0.5, 0.6) is 23.0 Å². The second-order valence-corrected chi connectivity index (χ2v) is 10.6. The summed E-state index contributed by atoms with van der Waals surface area (Å²) in [5.74, 6) is 0.932. The zero-order valence-electron chi connectivity index (χ0n) is 21.3. The fraction of sp³-hybridized carbons (Fsp3) is 0.138. The molecule has 1 unspecified atom stereocenters. The van der Waals surface area contributed by atoms with Crippen LogP contribution in [0.25, 0.3) is 0 Å². The van der Waals surface area contributed by atoms with E-state index in [9.17, 15) is 13.2 Å². The van der Waals surface area contributed by atoms with Crippen molar-refractivity contribution in [3.63, 3.8) is 0 Å². The van der Waals surface area contributed by atoms with Gasteiger partial charge in [-0.05, 0) is 54.4 Å². The summed E-state index contributed by atoms with van der Waals surface area (Å²) in [6.45, 7) is 0. The van der Waals surface area contributed by atoms with E-state index in [-0.39, 0.29) is 17.1 Å². The van der Waals surface area contributed by atoms with Crippen LogP contribution in [0.2, 0.25) is 5.02 Å². The van der Waals surface area contributed by atoms with Crippen LogP contribution in [0.4, 0.5) is 5.69 Å². The molecule has 2 N–H and O–H groups in total. The minimum absolute atomic E-state index is 0.0816. The maximum Gasteiger partial charge on any atom is 0.243 e. The van der Waals surface area contributed by atoms with Crippen LogP contribution < -0.4 is 24.2 Å². The number of ether oxygens (including phenoxy) is 3. The Morgan fingerprint density at radius 3 is 2.13 bits per heavy atom. The molecule has 0 aromatic heterocycles. The molecule has 0 heterocycles. The second kappa shape index (κ2) is 12.7. The molecule has 4 rings (SSSR count). The van der Waals surface area contributed by atoms with Gasteiger partial charge in [-0.2, -0.15) is 4.72 Å². The first-order valence-corrected chi connectivity index (χ1v) is 13.8. The number of carbonyl (C=O) groups excluding carboxylic acids is 1. The highest BCUT2D eigenvalue weighted by Gasteiger charge is 2.28. The Morgan fingerprint density at radius 1 is 0.821 bits per heavy atom. The standard InChI is InChI=1S/C29H27ClN2O6S/c1-36-27-16-14-23(19-28(27)37-2)39(34,35)32-25(17-20-9-5-3-6-10-20)29(33)31-24-18-21(30)13-15-26(24)38-22-11-7-4-8-12-22/h3-16,18-19,25,32H,17H2,1-2H3,(H,31,33). The van der Waals surface area contributed by atoms with E-state index in [0.717, 1.165) is 5.56 Å². The average Bonchev–Trinajstić information content (AvgIpc) is 2.94. The summed E-state index contributed by atoms with van der Waals surface area (Å²) in [6.07, 6.45) is 0.0919. The van der Waals surface area contributed by atoms with Crippen LogP contribution in [0.1, 0.15) is 5.56 Å². The van der Waals surface area contributed by atoms with Crippen molar-refractivity contribution >= 4 is 33.2 Å². The van der Waals surface area contributed by atoms with Crippen LogP contribution in [0.3, 0.4) is 0 Å². The third-order valence-electron chi connectivity index (χ3n) is 5.73. The predicted octanol–water partition coefficient (Wildman–Crippen LogP) is 5.68. The number of methoxy groups -OCH3 is 2. The van der Waals surface area contributed by atoms with E-state index >= 15 is 0 Å². The van der Waals surface area contributed by atoms with Crippen LogP contribution in [-0.2, 0) is 21.2 Å². The van der Waals surface area contributed by atoms with Crippen molar-refractivity contribution in [3.05, 3.63) is 108 Å². The predicted molar refractivity (Wildman–Crippen MR) is 150 cm³/mol. The van der Waals surface area contributed by atoms with Crippen molar-refractivity contribution in [2.75, 3.05) is 19.5 Å². The van der Waals surface area contributed by atoms with Gasteiger partial charge in [-0.25, -0.2) is 8.42 Å². The number of amides is 1. The second-order valence-electron chi connectivity index (χ2n) is 8.43. The molecule has 202 valence electrons. The highest BCUT2D eigenvalue weighted by Crippen LogP contribution is 2.33. The Labute approximate surface area is 232 Å². The average molecular weight is 567 g/mol. The normalized spacial score (nSPS) is 11.9. The number of carbonyl (C=O) groups is 1. The molecule has 0 aliphatic rings. The molecule has 10 heteroatoms. The van der Waals surface area contributed by atoms with Gasteiger partial charge in [-0.1, -0.05) is 60.1 Å². The van der Waals surface area contributed by atoms with Gasteiger partial charge in [0.25, 0.3) is 0 Å². The van der Waals surface area contributed by atoms with Crippen molar-refractivity contribution in [2.45, 2.75) is 17.4 Å². The van der Waals surface area contributed by atoms with Gasteiger partial charge in [0.15, 0.2) is 17.2 Å². The Morgan fingerprint density at radius 2 is 1.46 bits per heavy atom. The third-order valence-corrected chi connectivity index (χ3v) is 7.44. The summed E-state index contributed by atoms with van der Waals surface area (Å²) in [5.41, 5.74) is 1.05. The van der Waals surface area contributed by atoms with Gasteiger partial charge in [0.05, 0.1) is 24.8 Å². The van der Waals surface area contributed by atoms with Crippen molar-refractivity contribution < 1.29 is 27.4 Å². The summed E-state index contributed by atoms with van der Waals surface area (Å²) in [7, 11) is -1.28. The monoisotopic (exact) mass is 566 g/mol. The van der Waals surface area contributed by atoms with Gasteiger partial charge in [0, 0.05) is 11.1 Å².